The maximum Gasteiger partial charge on any atom is 0.0165 e. The lowest BCUT2D eigenvalue weighted by atomic mass is 9.51. The Kier molecular flexibility index (Phi) is 6.87. The average molecular weight is 349 g/mol. The molecule has 1 aliphatic carbocycles. The summed E-state index contributed by atoms with van der Waals surface area (Å²) in [6.45, 7) is 18.1. The van der Waals surface area contributed by atoms with Crippen molar-refractivity contribution in [2.24, 2.45) is 17.3 Å². The second kappa shape index (κ2) is 8.71. The van der Waals surface area contributed by atoms with Gasteiger partial charge in [-0.3, -0.25) is 0 Å². The van der Waals surface area contributed by atoms with Gasteiger partial charge in [-0.15, -0.1) is 0 Å². The summed E-state index contributed by atoms with van der Waals surface area (Å²) in [5.41, 5.74) is 7.01. The van der Waals surface area contributed by atoms with Crippen molar-refractivity contribution < 1.29 is 0 Å². The van der Waals surface area contributed by atoms with Gasteiger partial charge < -0.3 is 0 Å². The second-order valence-electron chi connectivity index (χ2n) is 8.23. The monoisotopic (exact) mass is 348 g/mol. The summed E-state index contributed by atoms with van der Waals surface area (Å²) in [7, 11) is 0. The summed E-state index contributed by atoms with van der Waals surface area (Å²) in [5.74, 6) is 1.46. The van der Waals surface area contributed by atoms with Gasteiger partial charge in [0.05, 0.1) is 0 Å². The number of benzene rings is 1. The number of rotatable bonds is 7. The van der Waals surface area contributed by atoms with Crippen LogP contribution in [0.1, 0.15) is 65.0 Å². The SMILES string of the molecule is C=C(/C=C\C=C/C)C1(C)/C(=C(\C)c2ccc(C)cc2)CC1CC(C)CC. The quantitative estimate of drug-likeness (QED) is 0.439. The molecule has 0 N–H and O–H groups in total. The van der Waals surface area contributed by atoms with E-state index in [-0.39, 0.29) is 5.41 Å². The minimum absolute atomic E-state index is 0.0798. The first-order valence-electron chi connectivity index (χ1n) is 10.1. The van der Waals surface area contributed by atoms with Crippen molar-refractivity contribution >= 4 is 5.57 Å². The van der Waals surface area contributed by atoms with Gasteiger partial charge in [0, 0.05) is 5.41 Å². The predicted molar refractivity (Wildman–Crippen MR) is 117 cm³/mol. The first kappa shape index (κ1) is 20.5. The molecule has 1 aliphatic rings. The molecule has 0 heteroatoms. The highest BCUT2D eigenvalue weighted by molar-refractivity contribution is 5.71. The molecular weight excluding hydrogens is 312 g/mol. The number of allylic oxidation sites excluding steroid dienone is 7. The fourth-order valence-corrected chi connectivity index (χ4v) is 4.18. The van der Waals surface area contributed by atoms with Crippen molar-refractivity contribution in [1.82, 2.24) is 0 Å². The van der Waals surface area contributed by atoms with Crippen LogP contribution < -0.4 is 0 Å². The lowest BCUT2D eigenvalue weighted by Crippen LogP contribution is -2.42. The second-order valence-corrected chi connectivity index (χ2v) is 8.23. The van der Waals surface area contributed by atoms with E-state index in [1.165, 1.54) is 41.5 Å². The van der Waals surface area contributed by atoms with Gasteiger partial charge in [0.1, 0.15) is 0 Å². The predicted octanol–water partition coefficient (Wildman–Crippen LogP) is 7.92. The van der Waals surface area contributed by atoms with Crippen LogP contribution in [0, 0.1) is 24.2 Å². The van der Waals surface area contributed by atoms with Gasteiger partial charge in [0.15, 0.2) is 0 Å². The molecule has 0 aromatic heterocycles. The van der Waals surface area contributed by atoms with Crippen LogP contribution in [-0.4, -0.2) is 0 Å². The Hall–Kier alpha value is -1.82. The van der Waals surface area contributed by atoms with Crippen molar-refractivity contribution in [1.29, 1.82) is 0 Å². The first-order chi connectivity index (χ1) is 12.3. The van der Waals surface area contributed by atoms with Gasteiger partial charge in [-0.1, -0.05) is 93.5 Å². The zero-order chi connectivity index (χ0) is 19.3. The van der Waals surface area contributed by atoms with Crippen LogP contribution in [0.2, 0.25) is 0 Å². The van der Waals surface area contributed by atoms with Gasteiger partial charge in [0.25, 0.3) is 0 Å². The summed E-state index contributed by atoms with van der Waals surface area (Å²) in [5, 5.41) is 0. The summed E-state index contributed by atoms with van der Waals surface area (Å²) < 4.78 is 0. The van der Waals surface area contributed by atoms with Gasteiger partial charge >= 0.3 is 0 Å². The van der Waals surface area contributed by atoms with Crippen LogP contribution >= 0.6 is 0 Å². The third-order valence-electron chi connectivity index (χ3n) is 6.48. The Balaban J connectivity index is 2.40. The normalized spacial score (nSPS) is 26.2. The fraction of sp³-hybridized carbons (Fsp3) is 0.462. The third-order valence-corrected chi connectivity index (χ3v) is 6.48. The molecule has 0 saturated heterocycles. The van der Waals surface area contributed by atoms with Crippen molar-refractivity contribution in [3.8, 4) is 0 Å². The van der Waals surface area contributed by atoms with E-state index in [4.69, 9.17) is 0 Å². The summed E-state index contributed by atoms with van der Waals surface area (Å²) in [6.07, 6.45) is 12.2. The molecule has 1 fully saturated rings. The van der Waals surface area contributed by atoms with Crippen LogP contribution in [0.3, 0.4) is 0 Å². The maximum absolute atomic E-state index is 4.49. The van der Waals surface area contributed by atoms with E-state index in [0.717, 1.165) is 5.92 Å². The zero-order valence-corrected chi connectivity index (χ0v) is 17.6. The molecule has 0 spiro atoms. The molecule has 1 saturated carbocycles. The maximum atomic E-state index is 4.49. The van der Waals surface area contributed by atoms with Crippen molar-refractivity contribution in [2.75, 3.05) is 0 Å². The van der Waals surface area contributed by atoms with Crippen LogP contribution in [-0.2, 0) is 0 Å². The summed E-state index contributed by atoms with van der Waals surface area (Å²) >= 11 is 0. The average Bonchev–Trinajstić information content (AvgIpc) is 2.64. The number of hydrogen-bond acceptors (Lipinski definition) is 0. The highest BCUT2D eigenvalue weighted by Gasteiger charge is 2.49. The fourth-order valence-electron chi connectivity index (χ4n) is 4.18. The molecular formula is C26H36. The molecule has 140 valence electrons. The molecule has 1 aromatic carbocycles. The molecule has 26 heavy (non-hydrogen) atoms. The standard InChI is InChI=1S/C26H36/c1-8-10-11-12-21(5)26(7)24(17-19(3)9-2)18-25(26)22(6)23-15-13-20(4)14-16-23/h8,10-16,19,24H,5,9,17-18H2,1-4,6-7H3/b10-8-,12-11-,25-22+. The Morgan fingerprint density at radius 1 is 1.27 bits per heavy atom. The highest BCUT2D eigenvalue weighted by atomic mass is 14.5. The smallest absolute Gasteiger partial charge is 0.0165 e. The molecule has 0 bridgehead atoms. The summed E-state index contributed by atoms with van der Waals surface area (Å²) in [6, 6.07) is 8.95. The summed E-state index contributed by atoms with van der Waals surface area (Å²) in [4.78, 5) is 0. The Labute approximate surface area is 161 Å². The van der Waals surface area contributed by atoms with Crippen molar-refractivity contribution in [3.63, 3.8) is 0 Å². The molecule has 2 rings (SSSR count). The largest absolute Gasteiger partial charge is 0.0949 e. The van der Waals surface area contributed by atoms with E-state index in [9.17, 15) is 0 Å². The molecule has 0 aliphatic heterocycles. The molecule has 0 heterocycles. The van der Waals surface area contributed by atoms with E-state index in [2.05, 4.69) is 96.7 Å². The third kappa shape index (κ3) is 4.11. The lowest BCUT2D eigenvalue weighted by Gasteiger charge is -2.53. The van der Waals surface area contributed by atoms with Gasteiger partial charge in [0.2, 0.25) is 0 Å². The van der Waals surface area contributed by atoms with Gasteiger partial charge in [-0.2, -0.15) is 0 Å². The van der Waals surface area contributed by atoms with E-state index >= 15 is 0 Å². The van der Waals surface area contributed by atoms with E-state index in [1.54, 1.807) is 5.57 Å². The van der Waals surface area contributed by atoms with Crippen molar-refractivity contribution in [3.05, 3.63) is 77.4 Å². The first-order valence-corrected chi connectivity index (χ1v) is 10.1. The highest BCUT2D eigenvalue weighted by Crippen LogP contribution is 2.60. The van der Waals surface area contributed by atoms with E-state index < -0.39 is 0 Å². The Morgan fingerprint density at radius 2 is 1.92 bits per heavy atom. The molecule has 3 unspecified atom stereocenters. The van der Waals surface area contributed by atoms with Crippen LogP contribution in [0.15, 0.2) is 66.3 Å². The van der Waals surface area contributed by atoms with E-state index in [1.807, 2.05) is 0 Å². The molecule has 0 radical (unpaired) electrons. The Morgan fingerprint density at radius 3 is 2.50 bits per heavy atom. The minimum Gasteiger partial charge on any atom is -0.0949 e. The molecule has 0 nitrogen and oxygen atoms in total. The number of hydrogen-bond donors (Lipinski definition) is 0. The van der Waals surface area contributed by atoms with Crippen molar-refractivity contribution in [2.45, 2.75) is 60.8 Å². The number of aryl methyl sites for hydroxylation is 1. The zero-order valence-electron chi connectivity index (χ0n) is 17.6. The molecule has 0 amide bonds. The van der Waals surface area contributed by atoms with Gasteiger partial charge in [-0.25, -0.2) is 0 Å². The van der Waals surface area contributed by atoms with E-state index in [0.29, 0.717) is 5.92 Å². The molecule has 1 aromatic rings. The topological polar surface area (TPSA) is 0 Å². The minimum atomic E-state index is 0.0798. The Bertz CT molecular complexity index is 711. The van der Waals surface area contributed by atoms with Gasteiger partial charge in [-0.05, 0) is 62.2 Å². The van der Waals surface area contributed by atoms with Crippen LogP contribution in [0.5, 0.6) is 0 Å². The van der Waals surface area contributed by atoms with Crippen LogP contribution in [0.4, 0.5) is 0 Å². The molecule has 3 atom stereocenters. The van der Waals surface area contributed by atoms with Crippen LogP contribution in [0.25, 0.3) is 5.57 Å². The lowest BCUT2D eigenvalue weighted by molar-refractivity contribution is 0.157.